The summed E-state index contributed by atoms with van der Waals surface area (Å²) in [6.45, 7) is 13.2. The van der Waals surface area contributed by atoms with E-state index in [2.05, 4.69) is 27.7 Å². The van der Waals surface area contributed by atoms with Crippen molar-refractivity contribution in [2.45, 2.75) is 121 Å². The average molecular weight is 658 g/mol. The largest absolute Gasteiger partial charge is 0.379 e. The van der Waals surface area contributed by atoms with Crippen LogP contribution in [0.15, 0.2) is 59.6 Å². The first-order valence-electron chi connectivity index (χ1n) is 17.4. The summed E-state index contributed by atoms with van der Waals surface area (Å²) < 4.78 is 62.6. The molecule has 0 saturated carbocycles. The number of aryl methyl sites for hydroxylation is 1. The molecule has 5 atom stereocenters. The number of ether oxygens (including phenoxy) is 5. The van der Waals surface area contributed by atoms with Crippen molar-refractivity contribution in [1.82, 2.24) is 3.97 Å². The molecule has 2 heterocycles. The Hall–Kier alpha value is -2.27. The van der Waals surface area contributed by atoms with Crippen molar-refractivity contribution >= 4 is 20.9 Å². The molecule has 1 saturated heterocycles. The van der Waals surface area contributed by atoms with Crippen LogP contribution < -0.4 is 0 Å². The molecule has 0 spiro atoms. The SMILES string of the molecule is CCCCOC[C@H]1O[C@@H](c2cn(S(=O)(=O)c3ccc(C)cc3)c3ccccc23)[C@H](OCCCC)[C@@H](OCCCC)[C@@H]1OCCCC. The molecule has 0 bridgehead atoms. The molecule has 1 fully saturated rings. The van der Waals surface area contributed by atoms with Gasteiger partial charge in [0.1, 0.15) is 30.5 Å². The fourth-order valence-electron chi connectivity index (χ4n) is 5.83. The van der Waals surface area contributed by atoms with Crippen molar-refractivity contribution in [2.24, 2.45) is 0 Å². The highest BCUT2D eigenvalue weighted by molar-refractivity contribution is 7.90. The minimum Gasteiger partial charge on any atom is -0.379 e. The first-order valence-corrected chi connectivity index (χ1v) is 18.8. The number of benzene rings is 2. The number of unbranched alkanes of at least 4 members (excludes halogenated alkanes) is 4. The van der Waals surface area contributed by atoms with E-state index in [1.807, 2.05) is 43.3 Å². The summed E-state index contributed by atoms with van der Waals surface area (Å²) in [6, 6.07) is 14.6. The minimum absolute atomic E-state index is 0.234. The monoisotopic (exact) mass is 657 g/mol. The number of hydrogen-bond donors (Lipinski definition) is 0. The molecule has 0 N–H and O–H groups in total. The zero-order chi connectivity index (χ0) is 32.9. The molecular weight excluding hydrogens is 602 g/mol. The summed E-state index contributed by atoms with van der Waals surface area (Å²) in [5.74, 6) is 0. The highest BCUT2D eigenvalue weighted by Crippen LogP contribution is 2.41. The Balaban J connectivity index is 1.83. The number of fused-ring (bicyclic) bond motifs is 1. The zero-order valence-corrected chi connectivity index (χ0v) is 29.3. The molecule has 1 aromatic heterocycles. The third-order valence-corrected chi connectivity index (χ3v) is 10.3. The van der Waals surface area contributed by atoms with Crippen LogP contribution in [-0.4, -0.2) is 69.8 Å². The van der Waals surface area contributed by atoms with Gasteiger partial charge in [0.15, 0.2) is 0 Å². The summed E-state index contributed by atoms with van der Waals surface area (Å²) in [5, 5.41) is 0.801. The van der Waals surface area contributed by atoms with Crippen LogP contribution in [0.5, 0.6) is 0 Å². The predicted molar refractivity (Wildman–Crippen MR) is 183 cm³/mol. The highest BCUT2D eigenvalue weighted by Gasteiger charge is 2.49. The van der Waals surface area contributed by atoms with Gasteiger partial charge in [0.25, 0.3) is 10.0 Å². The van der Waals surface area contributed by atoms with Gasteiger partial charge in [0.2, 0.25) is 0 Å². The smallest absolute Gasteiger partial charge is 0.268 e. The lowest BCUT2D eigenvalue weighted by atomic mass is 9.90. The number of aromatic nitrogens is 1. The van der Waals surface area contributed by atoms with Gasteiger partial charge in [-0.05, 0) is 50.8 Å². The molecule has 46 heavy (non-hydrogen) atoms. The maximum absolute atomic E-state index is 14.1. The van der Waals surface area contributed by atoms with Gasteiger partial charge in [-0.3, -0.25) is 0 Å². The van der Waals surface area contributed by atoms with E-state index in [-0.39, 0.29) is 4.90 Å². The highest BCUT2D eigenvalue weighted by atomic mass is 32.2. The van der Waals surface area contributed by atoms with Crippen molar-refractivity contribution in [1.29, 1.82) is 0 Å². The van der Waals surface area contributed by atoms with Crippen LogP contribution >= 0.6 is 0 Å². The van der Waals surface area contributed by atoms with Gasteiger partial charge in [0, 0.05) is 43.6 Å². The van der Waals surface area contributed by atoms with E-state index in [0.717, 1.165) is 67.9 Å². The third-order valence-electron chi connectivity index (χ3n) is 8.58. The fourth-order valence-corrected chi connectivity index (χ4v) is 7.21. The first-order chi connectivity index (χ1) is 22.4. The van der Waals surface area contributed by atoms with Crippen LogP contribution in [0.2, 0.25) is 0 Å². The van der Waals surface area contributed by atoms with Crippen LogP contribution in [-0.2, 0) is 33.7 Å². The van der Waals surface area contributed by atoms with Crippen molar-refractivity contribution < 1.29 is 32.1 Å². The Labute approximate surface area is 276 Å². The molecular formula is C37H55NO7S. The van der Waals surface area contributed by atoms with Crippen molar-refractivity contribution in [2.75, 3.05) is 33.0 Å². The minimum atomic E-state index is -3.89. The summed E-state index contributed by atoms with van der Waals surface area (Å²) >= 11 is 0. The van der Waals surface area contributed by atoms with E-state index in [1.54, 1.807) is 18.3 Å². The molecule has 1 aliphatic heterocycles. The molecule has 0 amide bonds. The Morgan fingerprint density at radius 1 is 0.717 bits per heavy atom. The number of para-hydroxylation sites is 1. The van der Waals surface area contributed by atoms with Gasteiger partial charge in [-0.15, -0.1) is 0 Å². The normalized spacial score (nSPS) is 22.1. The fraction of sp³-hybridized carbons (Fsp3) is 0.622. The quantitative estimate of drug-likeness (QED) is 0.114. The lowest BCUT2D eigenvalue weighted by Gasteiger charge is -2.46. The van der Waals surface area contributed by atoms with Crippen LogP contribution in [0.4, 0.5) is 0 Å². The maximum atomic E-state index is 14.1. The van der Waals surface area contributed by atoms with E-state index in [9.17, 15) is 8.42 Å². The topological polar surface area (TPSA) is 85.2 Å². The van der Waals surface area contributed by atoms with Gasteiger partial charge < -0.3 is 23.7 Å². The second kappa shape index (κ2) is 18.3. The van der Waals surface area contributed by atoms with Crippen LogP contribution in [0, 0.1) is 6.92 Å². The Morgan fingerprint density at radius 3 is 1.91 bits per heavy atom. The third kappa shape index (κ3) is 8.99. The number of rotatable bonds is 20. The van der Waals surface area contributed by atoms with E-state index in [1.165, 1.54) is 3.97 Å². The lowest BCUT2D eigenvalue weighted by molar-refractivity contribution is -0.268. The van der Waals surface area contributed by atoms with E-state index < -0.39 is 40.5 Å². The molecule has 256 valence electrons. The standard InChI is InChI=1S/C37H55NO7S/c1-6-10-22-41-27-33-35(42-23-11-7-2)37(44-25-13-9-4)36(43-24-12-8-3)34(45-33)31-26-38(32-17-15-14-16-30(31)32)46(39,40)29-20-18-28(5)19-21-29/h14-21,26,33-37H,6-13,22-25,27H2,1-5H3/t33-,34+,35-,36+,37+/m1/s1. The van der Waals surface area contributed by atoms with Gasteiger partial charge >= 0.3 is 0 Å². The Kier molecular flexibility index (Phi) is 14.6. The summed E-state index contributed by atoms with van der Waals surface area (Å²) in [5.41, 5.74) is 2.34. The summed E-state index contributed by atoms with van der Waals surface area (Å²) in [4.78, 5) is 0.234. The maximum Gasteiger partial charge on any atom is 0.268 e. The van der Waals surface area contributed by atoms with Crippen molar-refractivity contribution in [3.63, 3.8) is 0 Å². The van der Waals surface area contributed by atoms with Gasteiger partial charge in [-0.25, -0.2) is 12.4 Å². The van der Waals surface area contributed by atoms with E-state index in [0.29, 0.717) is 38.6 Å². The van der Waals surface area contributed by atoms with Gasteiger partial charge in [-0.2, -0.15) is 0 Å². The second-order valence-corrected chi connectivity index (χ2v) is 14.1. The molecule has 0 unspecified atom stereocenters. The van der Waals surface area contributed by atoms with Crippen LogP contribution in [0.3, 0.4) is 0 Å². The lowest BCUT2D eigenvalue weighted by Crippen LogP contribution is -2.58. The van der Waals surface area contributed by atoms with E-state index >= 15 is 0 Å². The number of nitrogens with zero attached hydrogens (tertiary/aromatic N) is 1. The number of hydrogen-bond acceptors (Lipinski definition) is 7. The van der Waals surface area contributed by atoms with Crippen LogP contribution in [0.1, 0.15) is 96.3 Å². The van der Waals surface area contributed by atoms with E-state index in [4.69, 9.17) is 23.7 Å². The van der Waals surface area contributed by atoms with Crippen molar-refractivity contribution in [3.8, 4) is 0 Å². The molecule has 1 aliphatic rings. The first kappa shape index (κ1) is 36.6. The second-order valence-electron chi connectivity index (χ2n) is 12.3. The summed E-state index contributed by atoms with van der Waals surface area (Å²) in [6.07, 6.45) is 7.10. The molecule has 3 aromatic rings. The zero-order valence-electron chi connectivity index (χ0n) is 28.5. The van der Waals surface area contributed by atoms with Crippen LogP contribution in [0.25, 0.3) is 10.9 Å². The van der Waals surface area contributed by atoms with Crippen molar-refractivity contribution in [3.05, 3.63) is 65.9 Å². The van der Waals surface area contributed by atoms with Gasteiger partial charge in [0.05, 0.1) is 17.0 Å². The predicted octanol–water partition coefficient (Wildman–Crippen LogP) is 8.00. The Morgan fingerprint density at radius 2 is 1.28 bits per heavy atom. The molecule has 0 aliphatic carbocycles. The molecule has 2 aromatic carbocycles. The van der Waals surface area contributed by atoms with Gasteiger partial charge in [-0.1, -0.05) is 89.3 Å². The molecule has 4 rings (SSSR count). The Bertz CT molecular complexity index is 1420. The molecule has 0 radical (unpaired) electrons. The summed E-state index contributed by atoms with van der Waals surface area (Å²) in [7, 11) is -3.89. The average Bonchev–Trinajstić information content (AvgIpc) is 3.45. The molecule has 8 nitrogen and oxygen atoms in total. The molecule has 9 heteroatoms.